The van der Waals surface area contributed by atoms with Gasteiger partial charge in [-0.15, -0.1) is 0 Å². The average Bonchev–Trinajstić information content (AvgIpc) is 2.25. The molecular formula is C13H17Cl2NO. The number of hydrogen-bond acceptors (Lipinski definition) is 1. The van der Waals surface area contributed by atoms with Crippen LogP contribution in [-0.2, 0) is 11.3 Å². The molecule has 0 saturated carbocycles. The Balaban J connectivity index is 2.42. The fourth-order valence-electron chi connectivity index (χ4n) is 1.37. The zero-order valence-electron chi connectivity index (χ0n) is 10.1. The highest BCUT2D eigenvalue weighted by atomic mass is 35.5. The van der Waals surface area contributed by atoms with Crippen LogP contribution in [-0.4, -0.2) is 5.91 Å². The van der Waals surface area contributed by atoms with Gasteiger partial charge in [-0.2, -0.15) is 0 Å². The Morgan fingerprint density at radius 3 is 2.65 bits per heavy atom. The number of rotatable bonds is 5. The first-order valence-corrected chi connectivity index (χ1v) is 6.45. The maximum atomic E-state index is 11.5. The van der Waals surface area contributed by atoms with Crippen molar-refractivity contribution >= 4 is 29.1 Å². The van der Waals surface area contributed by atoms with Crippen molar-refractivity contribution in [3.63, 3.8) is 0 Å². The third kappa shape index (κ3) is 5.42. The molecule has 17 heavy (non-hydrogen) atoms. The summed E-state index contributed by atoms with van der Waals surface area (Å²) in [5.74, 6) is 0.601. The molecule has 0 bridgehead atoms. The molecule has 0 saturated heterocycles. The third-order valence-electron chi connectivity index (χ3n) is 2.44. The molecule has 4 heteroatoms. The normalized spacial score (nSPS) is 10.6. The van der Waals surface area contributed by atoms with Gasteiger partial charge in [0.05, 0.1) is 0 Å². The summed E-state index contributed by atoms with van der Waals surface area (Å²) in [6.45, 7) is 4.65. The lowest BCUT2D eigenvalue weighted by Gasteiger charge is -2.08. The second kappa shape index (κ2) is 6.87. The van der Waals surface area contributed by atoms with Crippen LogP contribution in [0.25, 0.3) is 0 Å². The molecule has 0 atom stereocenters. The topological polar surface area (TPSA) is 29.1 Å². The number of benzene rings is 1. The van der Waals surface area contributed by atoms with E-state index in [1.54, 1.807) is 12.1 Å². The Morgan fingerprint density at radius 2 is 2.06 bits per heavy atom. The summed E-state index contributed by atoms with van der Waals surface area (Å²) in [5, 5.41) is 4.03. The predicted molar refractivity (Wildman–Crippen MR) is 72.4 cm³/mol. The van der Waals surface area contributed by atoms with Crippen molar-refractivity contribution in [2.75, 3.05) is 0 Å². The number of carbonyl (C=O) groups is 1. The molecule has 1 aromatic carbocycles. The number of hydrogen-bond donors (Lipinski definition) is 1. The van der Waals surface area contributed by atoms with Gasteiger partial charge in [0.15, 0.2) is 0 Å². The summed E-state index contributed by atoms with van der Waals surface area (Å²) in [5.41, 5.74) is 0.883. The van der Waals surface area contributed by atoms with Gasteiger partial charge >= 0.3 is 0 Å². The number of amides is 1. The molecule has 0 aliphatic heterocycles. The summed E-state index contributed by atoms with van der Waals surface area (Å²) >= 11 is 11.8. The van der Waals surface area contributed by atoms with Crippen molar-refractivity contribution < 1.29 is 4.79 Å². The first-order valence-electron chi connectivity index (χ1n) is 5.69. The lowest BCUT2D eigenvalue weighted by Crippen LogP contribution is -2.22. The SMILES string of the molecule is CC(C)CCC(=O)NCc1ccc(Cl)cc1Cl. The molecule has 0 unspecified atom stereocenters. The minimum absolute atomic E-state index is 0.0599. The maximum Gasteiger partial charge on any atom is 0.220 e. The van der Waals surface area contributed by atoms with Crippen molar-refractivity contribution in [3.05, 3.63) is 33.8 Å². The van der Waals surface area contributed by atoms with Crippen molar-refractivity contribution in [2.24, 2.45) is 5.92 Å². The molecule has 0 aliphatic rings. The quantitative estimate of drug-likeness (QED) is 0.862. The fourth-order valence-corrected chi connectivity index (χ4v) is 1.84. The summed E-state index contributed by atoms with van der Waals surface area (Å²) in [7, 11) is 0. The van der Waals surface area contributed by atoms with Gasteiger partial charge in [-0.1, -0.05) is 43.1 Å². The van der Waals surface area contributed by atoms with Crippen molar-refractivity contribution in [1.82, 2.24) is 5.32 Å². The molecule has 0 aromatic heterocycles. The van der Waals surface area contributed by atoms with Crippen LogP contribution < -0.4 is 5.32 Å². The average molecular weight is 274 g/mol. The highest BCUT2D eigenvalue weighted by molar-refractivity contribution is 6.35. The number of halogens is 2. The number of nitrogens with one attached hydrogen (secondary N) is 1. The standard InChI is InChI=1S/C13H17Cl2NO/c1-9(2)3-6-13(17)16-8-10-4-5-11(14)7-12(10)15/h4-5,7,9H,3,6,8H2,1-2H3,(H,16,17). The molecular weight excluding hydrogens is 257 g/mol. The van der Waals surface area contributed by atoms with E-state index in [1.807, 2.05) is 6.07 Å². The minimum atomic E-state index is 0.0599. The van der Waals surface area contributed by atoms with E-state index in [2.05, 4.69) is 19.2 Å². The van der Waals surface area contributed by atoms with Crippen molar-refractivity contribution in [1.29, 1.82) is 0 Å². The fraction of sp³-hybridized carbons (Fsp3) is 0.462. The van der Waals surface area contributed by atoms with Crippen molar-refractivity contribution in [3.8, 4) is 0 Å². The Hall–Kier alpha value is -0.730. The van der Waals surface area contributed by atoms with Gasteiger partial charge in [-0.05, 0) is 30.0 Å². The van der Waals surface area contributed by atoms with Crippen LogP contribution in [0.4, 0.5) is 0 Å². The van der Waals surface area contributed by atoms with Crippen LogP contribution in [0, 0.1) is 5.92 Å². The van der Waals surface area contributed by atoms with Crippen molar-refractivity contribution in [2.45, 2.75) is 33.2 Å². The molecule has 0 fully saturated rings. The van der Waals surface area contributed by atoms with Gasteiger partial charge in [0, 0.05) is 23.0 Å². The molecule has 0 heterocycles. The molecule has 1 amide bonds. The van der Waals surface area contributed by atoms with Gasteiger partial charge in [0.1, 0.15) is 0 Å². The summed E-state index contributed by atoms with van der Waals surface area (Å²) in [4.78, 5) is 11.5. The van der Waals surface area contributed by atoms with Gasteiger partial charge < -0.3 is 5.32 Å². The van der Waals surface area contributed by atoms with Crippen LogP contribution in [0.2, 0.25) is 10.0 Å². The van der Waals surface area contributed by atoms with Crippen LogP contribution in [0.15, 0.2) is 18.2 Å². The maximum absolute atomic E-state index is 11.5. The molecule has 1 N–H and O–H groups in total. The lowest BCUT2D eigenvalue weighted by atomic mass is 10.1. The third-order valence-corrected chi connectivity index (χ3v) is 3.03. The van der Waals surface area contributed by atoms with E-state index in [0.717, 1.165) is 12.0 Å². The van der Waals surface area contributed by atoms with Crippen LogP contribution >= 0.6 is 23.2 Å². The molecule has 0 aliphatic carbocycles. The first-order chi connectivity index (χ1) is 7.99. The molecule has 1 aromatic rings. The van der Waals surface area contributed by atoms with Gasteiger partial charge in [0.2, 0.25) is 5.91 Å². The van der Waals surface area contributed by atoms with E-state index in [0.29, 0.717) is 28.9 Å². The zero-order valence-corrected chi connectivity index (χ0v) is 11.6. The van der Waals surface area contributed by atoms with Gasteiger partial charge in [-0.3, -0.25) is 4.79 Å². The van der Waals surface area contributed by atoms with Gasteiger partial charge in [-0.25, -0.2) is 0 Å². The second-order valence-electron chi connectivity index (χ2n) is 4.44. The Morgan fingerprint density at radius 1 is 1.35 bits per heavy atom. The molecule has 2 nitrogen and oxygen atoms in total. The van der Waals surface area contributed by atoms with Crippen LogP contribution in [0.5, 0.6) is 0 Å². The Kier molecular flexibility index (Phi) is 5.79. The predicted octanol–water partition coefficient (Wildman–Crippen LogP) is 4.05. The summed E-state index contributed by atoms with van der Waals surface area (Å²) in [6, 6.07) is 5.27. The van der Waals surface area contributed by atoms with Crippen LogP contribution in [0.3, 0.4) is 0 Å². The summed E-state index contributed by atoms with van der Waals surface area (Å²) in [6.07, 6.45) is 1.46. The summed E-state index contributed by atoms with van der Waals surface area (Å²) < 4.78 is 0. The monoisotopic (exact) mass is 273 g/mol. The van der Waals surface area contributed by atoms with E-state index in [4.69, 9.17) is 23.2 Å². The second-order valence-corrected chi connectivity index (χ2v) is 5.29. The lowest BCUT2D eigenvalue weighted by molar-refractivity contribution is -0.121. The van der Waals surface area contributed by atoms with E-state index in [1.165, 1.54) is 0 Å². The first kappa shape index (κ1) is 14.3. The molecule has 0 radical (unpaired) electrons. The highest BCUT2D eigenvalue weighted by Crippen LogP contribution is 2.20. The number of carbonyl (C=O) groups excluding carboxylic acids is 1. The van der Waals surface area contributed by atoms with E-state index in [-0.39, 0.29) is 5.91 Å². The van der Waals surface area contributed by atoms with Crippen LogP contribution in [0.1, 0.15) is 32.3 Å². The van der Waals surface area contributed by atoms with E-state index < -0.39 is 0 Å². The smallest absolute Gasteiger partial charge is 0.220 e. The van der Waals surface area contributed by atoms with E-state index >= 15 is 0 Å². The van der Waals surface area contributed by atoms with E-state index in [9.17, 15) is 4.79 Å². The Bertz CT molecular complexity index is 391. The minimum Gasteiger partial charge on any atom is -0.352 e. The Labute approximate surface area is 112 Å². The highest BCUT2D eigenvalue weighted by Gasteiger charge is 2.05. The zero-order chi connectivity index (χ0) is 12.8. The molecule has 94 valence electrons. The molecule has 1 rings (SSSR count). The van der Waals surface area contributed by atoms with Gasteiger partial charge in [0.25, 0.3) is 0 Å². The molecule has 0 spiro atoms. The largest absolute Gasteiger partial charge is 0.352 e.